The van der Waals surface area contributed by atoms with Crippen LogP contribution in [0.25, 0.3) is 0 Å². The van der Waals surface area contributed by atoms with E-state index in [4.69, 9.17) is 5.73 Å². The zero-order chi connectivity index (χ0) is 21.7. The van der Waals surface area contributed by atoms with Crippen molar-refractivity contribution in [1.29, 1.82) is 15.8 Å². The average Bonchev–Trinajstić information content (AvgIpc) is 3.00. The summed E-state index contributed by atoms with van der Waals surface area (Å²) < 4.78 is 0. The van der Waals surface area contributed by atoms with Crippen molar-refractivity contribution in [3.8, 4) is 18.2 Å². The minimum Gasteiger partial charge on any atom is -0.399 e. The van der Waals surface area contributed by atoms with E-state index in [1.165, 1.54) is 0 Å². The molecule has 3 aliphatic rings. The molecule has 2 aliphatic carbocycles. The van der Waals surface area contributed by atoms with Crippen LogP contribution in [0, 0.1) is 51.2 Å². The van der Waals surface area contributed by atoms with E-state index < -0.39 is 16.7 Å². The van der Waals surface area contributed by atoms with Crippen LogP contribution in [0.4, 0.5) is 5.69 Å². The summed E-state index contributed by atoms with van der Waals surface area (Å²) in [4.78, 5) is 15.9. The number of allylic oxidation sites excluding steroid dienone is 4. The number of nitriles is 3. The molecule has 4 rings (SSSR count). The van der Waals surface area contributed by atoms with Crippen LogP contribution in [0.1, 0.15) is 38.7 Å². The lowest BCUT2D eigenvalue weighted by molar-refractivity contribution is -0.127. The highest BCUT2D eigenvalue weighted by molar-refractivity contribution is 6.11. The van der Waals surface area contributed by atoms with Gasteiger partial charge in [0.15, 0.2) is 0 Å². The molecule has 2 N–H and O–H groups in total. The minimum atomic E-state index is -1.95. The van der Waals surface area contributed by atoms with Crippen molar-refractivity contribution < 1.29 is 4.79 Å². The standard InChI is InChI=1S/C24H23N5O/c1-3-10-29-20-7-5-4-6-18(20)24(22(29)30)19-11-15(2)8-9-16(19)17(12-25)21(28)23(24,13-26)14-27/h4-7,9,15,19H,3,8,10-11,28H2,1-2H3. The molecule has 0 aromatic heterocycles. The molecule has 0 saturated carbocycles. The Kier molecular flexibility index (Phi) is 4.44. The molecule has 30 heavy (non-hydrogen) atoms. The topological polar surface area (TPSA) is 118 Å². The summed E-state index contributed by atoms with van der Waals surface area (Å²) in [7, 11) is 0. The lowest BCUT2D eigenvalue weighted by atomic mass is 9.47. The largest absolute Gasteiger partial charge is 0.399 e. The van der Waals surface area contributed by atoms with E-state index in [0.717, 1.165) is 18.5 Å². The van der Waals surface area contributed by atoms with E-state index in [1.54, 1.807) is 4.90 Å². The molecule has 1 aliphatic heterocycles. The Morgan fingerprint density at radius 2 is 1.93 bits per heavy atom. The van der Waals surface area contributed by atoms with Crippen molar-refractivity contribution in [1.82, 2.24) is 0 Å². The van der Waals surface area contributed by atoms with Gasteiger partial charge in [0, 0.05) is 18.2 Å². The van der Waals surface area contributed by atoms with Crippen LogP contribution in [0.3, 0.4) is 0 Å². The molecule has 1 spiro atoms. The van der Waals surface area contributed by atoms with Crippen molar-refractivity contribution in [2.75, 3.05) is 11.4 Å². The normalized spacial score (nSPS) is 28.8. The summed E-state index contributed by atoms with van der Waals surface area (Å²) in [6.45, 7) is 4.56. The number of benzene rings is 1. The van der Waals surface area contributed by atoms with Gasteiger partial charge in [-0.1, -0.05) is 38.1 Å². The summed E-state index contributed by atoms with van der Waals surface area (Å²) in [5.74, 6) is -0.471. The van der Waals surface area contributed by atoms with Gasteiger partial charge in [-0.15, -0.1) is 0 Å². The predicted molar refractivity (Wildman–Crippen MR) is 111 cm³/mol. The van der Waals surface area contributed by atoms with Crippen molar-refractivity contribution in [2.24, 2.45) is 23.0 Å². The third kappa shape index (κ3) is 2.08. The highest BCUT2D eigenvalue weighted by atomic mass is 16.2. The van der Waals surface area contributed by atoms with Gasteiger partial charge in [0.25, 0.3) is 0 Å². The first-order valence-electron chi connectivity index (χ1n) is 10.3. The first-order valence-corrected chi connectivity index (χ1v) is 10.3. The van der Waals surface area contributed by atoms with Crippen LogP contribution in [-0.2, 0) is 10.2 Å². The van der Waals surface area contributed by atoms with Crippen molar-refractivity contribution in [2.45, 2.75) is 38.5 Å². The number of fused-ring (bicyclic) bond motifs is 4. The van der Waals surface area contributed by atoms with E-state index >= 15 is 0 Å². The molecular weight excluding hydrogens is 374 g/mol. The molecule has 1 amide bonds. The third-order valence-corrected chi connectivity index (χ3v) is 6.93. The zero-order valence-electron chi connectivity index (χ0n) is 17.1. The number of carbonyl (C=O) groups excluding carboxylic acids is 1. The number of nitrogens with zero attached hydrogens (tertiary/aromatic N) is 4. The fourth-order valence-electron chi connectivity index (χ4n) is 5.67. The van der Waals surface area contributed by atoms with Gasteiger partial charge in [-0.05, 0) is 42.4 Å². The lowest BCUT2D eigenvalue weighted by Crippen LogP contribution is -2.61. The van der Waals surface area contributed by atoms with Crippen LogP contribution >= 0.6 is 0 Å². The van der Waals surface area contributed by atoms with E-state index in [-0.39, 0.29) is 23.1 Å². The Bertz CT molecular complexity index is 1110. The predicted octanol–water partition coefficient (Wildman–Crippen LogP) is 3.44. The molecule has 1 aromatic carbocycles. The van der Waals surface area contributed by atoms with Gasteiger partial charge in [0.1, 0.15) is 11.5 Å². The van der Waals surface area contributed by atoms with Crippen LogP contribution in [0.15, 0.2) is 47.2 Å². The zero-order valence-corrected chi connectivity index (χ0v) is 17.1. The molecule has 0 fully saturated rings. The summed E-state index contributed by atoms with van der Waals surface area (Å²) in [6.07, 6.45) is 4.08. The third-order valence-electron chi connectivity index (χ3n) is 6.93. The van der Waals surface area contributed by atoms with Crippen molar-refractivity contribution >= 4 is 11.6 Å². The van der Waals surface area contributed by atoms with Gasteiger partial charge in [-0.2, -0.15) is 15.8 Å². The molecule has 3 unspecified atom stereocenters. The Balaban J connectivity index is 2.18. The number of hydrogen-bond acceptors (Lipinski definition) is 5. The van der Waals surface area contributed by atoms with Gasteiger partial charge in [-0.3, -0.25) is 4.79 Å². The van der Waals surface area contributed by atoms with E-state index in [2.05, 4.69) is 25.1 Å². The number of anilines is 1. The first-order chi connectivity index (χ1) is 14.4. The van der Waals surface area contributed by atoms with Crippen LogP contribution in [-0.4, -0.2) is 12.5 Å². The molecule has 1 aromatic rings. The Hall–Kier alpha value is -3.56. The average molecular weight is 397 g/mol. The second-order valence-electron chi connectivity index (χ2n) is 8.44. The maximum absolute atomic E-state index is 14.2. The lowest BCUT2D eigenvalue weighted by Gasteiger charge is -2.50. The molecule has 3 atom stereocenters. The van der Waals surface area contributed by atoms with E-state index in [1.807, 2.05) is 37.3 Å². The summed E-state index contributed by atoms with van der Waals surface area (Å²) in [6, 6.07) is 13.8. The Morgan fingerprint density at radius 1 is 1.23 bits per heavy atom. The molecule has 6 nitrogen and oxygen atoms in total. The maximum Gasteiger partial charge on any atom is 0.241 e. The van der Waals surface area contributed by atoms with E-state index in [0.29, 0.717) is 24.1 Å². The van der Waals surface area contributed by atoms with Gasteiger partial charge < -0.3 is 10.6 Å². The summed E-state index contributed by atoms with van der Waals surface area (Å²) in [5.41, 5.74) is 5.18. The number of amides is 1. The minimum absolute atomic E-state index is 0.103. The molecule has 0 radical (unpaired) electrons. The maximum atomic E-state index is 14.2. The smallest absolute Gasteiger partial charge is 0.241 e. The monoisotopic (exact) mass is 397 g/mol. The van der Waals surface area contributed by atoms with E-state index in [9.17, 15) is 20.6 Å². The quantitative estimate of drug-likeness (QED) is 0.820. The number of nitrogens with two attached hydrogens (primary N) is 1. The highest BCUT2D eigenvalue weighted by Crippen LogP contribution is 2.64. The molecule has 6 heteroatoms. The highest BCUT2D eigenvalue weighted by Gasteiger charge is 2.72. The van der Waals surface area contributed by atoms with Gasteiger partial charge in [0.2, 0.25) is 11.3 Å². The Labute approximate surface area is 176 Å². The SMILES string of the molecule is CCCN1C(=O)C2(c3ccccc31)C1CC(C)CC=C1C(C#N)=C(N)C2(C#N)C#N. The molecule has 1 heterocycles. The fraction of sp³-hybridized carbons (Fsp3) is 0.417. The molecular formula is C24H23N5O. The van der Waals surface area contributed by atoms with Crippen LogP contribution in [0.5, 0.6) is 0 Å². The number of para-hydroxylation sites is 1. The number of hydrogen-bond donors (Lipinski definition) is 1. The Morgan fingerprint density at radius 3 is 2.57 bits per heavy atom. The molecule has 150 valence electrons. The van der Waals surface area contributed by atoms with Crippen LogP contribution in [0.2, 0.25) is 0 Å². The second kappa shape index (κ2) is 6.75. The fourth-order valence-corrected chi connectivity index (χ4v) is 5.67. The molecule has 0 bridgehead atoms. The van der Waals surface area contributed by atoms with Gasteiger partial charge in [-0.25, -0.2) is 0 Å². The summed E-state index contributed by atoms with van der Waals surface area (Å²) >= 11 is 0. The molecule has 0 saturated heterocycles. The van der Waals surface area contributed by atoms with Gasteiger partial charge in [0.05, 0.1) is 23.4 Å². The first kappa shape index (κ1) is 19.7. The summed E-state index contributed by atoms with van der Waals surface area (Å²) in [5, 5.41) is 30.6. The number of carbonyl (C=O) groups is 1. The van der Waals surface area contributed by atoms with Crippen LogP contribution < -0.4 is 10.6 Å². The van der Waals surface area contributed by atoms with Gasteiger partial charge >= 0.3 is 0 Å². The number of rotatable bonds is 2. The van der Waals surface area contributed by atoms with Crippen molar-refractivity contribution in [3.63, 3.8) is 0 Å². The van der Waals surface area contributed by atoms with Crippen molar-refractivity contribution in [3.05, 3.63) is 52.7 Å². The second-order valence-corrected chi connectivity index (χ2v) is 8.44.